The van der Waals surface area contributed by atoms with E-state index in [0.29, 0.717) is 25.2 Å². The van der Waals surface area contributed by atoms with Gasteiger partial charge in [-0.25, -0.2) is 4.39 Å². The smallest absolute Gasteiger partial charge is 0.255 e. The van der Waals surface area contributed by atoms with Gasteiger partial charge in [0.25, 0.3) is 5.91 Å². The molecule has 7 heteroatoms. The first kappa shape index (κ1) is 16.9. The lowest BCUT2D eigenvalue weighted by Crippen LogP contribution is -2.39. The number of carbonyl (C=O) groups is 1. The summed E-state index contributed by atoms with van der Waals surface area (Å²) >= 11 is 6.01. The highest BCUT2D eigenvalue weighted by Crippen LogP contribution is 2.28. The average molecular weight is 352 g/mol. The van der Waals surface area contributed by atoms with Crippen LogP contribution in [0.3, 0.4) is 0 Å². The van der Waals surface area contributed by atoms with E-state index in [4.69, 9.17) is 16.7 Å². The number of hydrogen-bond acceptors (Lipinski definition) is 3. The fraction of sp³-hybridized carbons (Fsp3) is 0.412. The summed E-state index contributed by atoms with van der Waals surface area (Å²) in [6.07, 6.45) is 3.67. The van der Waals surface area contributed by atoms with Crippen molar-refractivity contribution >= 4 is 17.5 Å². The lowest BCUT2D eigenvalue weighted by Gasteiger charge is -2.32. The number of hydrogen-bond donors (Lipinski definition) is 1. The fourth-order valence-electron chi connectivity index (χ4n) is 3.06. The maximum atomic E-state index is 13.2. The number of rotatable bonds is 4. The molecule has 2 aromatic rings. The van der Waals surface area contributed by atoms with Crippen molar-refractivity contribution in [3.8, 4) is 0 Å². The van der Waals surface area contributed by atoms with Crippen LogP contribution in [0.2, 0.25) is 5.02 Å². The van der Waals surface area contributed by atoms with Crippen molar-refractivity contribution in [1.82, 2.24) is 14.7 Å². The molecule has 2 heterocycles. The van der Waals surface area contributed by atoms with E-state index in [2.05, 4.69) is 5.10 Å². The summed E-state index contributed by atoms with van der Waals surface area (Å²) in [4.78, 5) is 14.4. The van der Waals surface area contributed by atoms with Crippen LogP contribution in [-0.4, -0.2) is 45.4 Å². The quantitative estimate of drug-likeness (QED) is 0.921. The summed E-state index contributed by atoms with van der Waals surface area (Å²) < 4.78 is 14.9. The number of aliphatic hydroxyl groups excluding tert-OH is 1. The largest absolute Gasteiger partial charge is 0.394 e. The minimum Gasteiger partial charge on any atom is -0.394 e. The Kier molecular flexibility index (Phi) is 5.16. The zero-order valence-corrected chi connectivity index (χ0v) is 13.9. The number of halogens is 2. The second-order valence-corrected chi connectivity index (χ2v) is 6.35. The van der Waals surface area contributed by atoms with Gasteiger partial charge in [-0.2, -0.15) is 5.10 Å². The Morgan fingerprint density at radius 2 is 2.25 bits per heavy atom. The summed E-state index contributed by atoms with van der Waals surface area (Å²) in [5, 5.41) is 13.6. The molecule has 0 radical (unpaired) electrons. The second-order valence-electron chi connectivity index (χ2n) is 5.94. The molecule has 1 atom stereocenters. The van der Waals surface area contributed by atoms with Crippen LogP contribution < -0.4 is 0 Å². The molecule has 5 nitrogen and oxygen atoms in total. The van der Waals surface area contributed by atoms with E-state index in [-0.39, 0.29) is 23.5 Å². The topological polar surface area (TPSA) is 58.4 Å². The molecule has 1 fully saturated rings. The van der Waals surface area contributed by atoms with Gasteiger partial charge in [0.2, 0.25) is 0 Å². The molecular formula is C17H19ClFN3O2. The maximum Gasteiger partial charge on any atom is 0.255 e. The Labute approximate surface area is 144 Å². The first-order chi connectivity index (χ1) is 11.6. The van der Waals surface area contributed by atoms with Crippen LogP contribution in [0, 0.1) is 5.82 Å². The van der Waals surface area contributed by atoms with E-state index < -0.39 is 5.82 Å². The molecular weight excluding hydrogens is 333 g/mol. The number of likely N-dealkylation sites (tertiary alicyclic amines) is 1. The third kappa shape index (κ3) is 3.60. The summed E-state index contributed by atoms with van der Waals surface area (Å²) in [6, 6.07) is 5.77. The van der Waals surface area contributed by atoms with Crippen molar-refractivity contribution in [3.05, 3.63) is 52.6 Å². The number of amides is 1. The highest BCUT2D eigenvalue weighted by Gasteiger charge is 2.27. The van der Waals surface area contributed by atoms with Crippen LogP contribution in [0.4, 0.5) is 4.39 Å². The lowest BCUT2D eigenvalue weighted by atomic mass is 9.94. The van der Waals surface area contributed by atoms with Crippen molar-refractivity contribution < 1.29 is 14.3 Å². The van der Waals surface area contributed by atoms with Crippen molar-refractivity contribution in [2.75, 3.05) is 19.7 Å². The Hall–Kier alpha value is -1.92. The standard InChI is InChI=1S/C17H19ClFN3O2/c18-15-10-13(19)3-4-14(15)17(24)21-6-1-2-12(11-21)16-5-7-22(20-16)8-9-23/h3-5,7,10,12,23H,1-2,6,8-9,11H2/t12-/m0/s1. The molecule has 1 N–H and O–H groups in total. The summed E-state index contributed by atoms with van der Waals surface area (Å²) in [5.74, 6) is -0.483. The Balaban J connectivity index is 1.73. The van der Waals surface area contributed by atoms with Gasteiger partial charge in [0.1, 0.15) is 5.82 Å². The molecule has 0 spiro atoms. The molecule has 1 aliphatic heterocycles. The molecule has 1 saturated heterocycles. The molecule has 1 amide bonds. The zero-order valence-electron chi connectivity index (χ0n) is 13.2. The second kappa shape index (κ2) is 7.32. The molecule has 128 valence electrons. The lowest BCUT2D eigenvalue weighted by molar-refractivity contribution is 0.0706. The van der Waals surface area contributed by atoms with Crippen LogP contribution in [-0.2, 0) is 6.54 Å². The molecule has 1 aliphatic rings. The number of benzene rings is 1. The van der Waals surface area contributed by atoms with Crippen molar-refractivity contribution in [3.63, 3.8) is 0 Å². The molecule has 0 saturated carbocycles. The molecule has 1 aromatic heterocycles. The van der Waals surface area contributed by atoms with Gasteiger partial charge in [-0.15, -0.1) is 0 Å². The van der Waals surface area contributed by atoms with Crippen molar-refractivity contribution in [1.29, 1.82) is 0 Å². The van der Waals surface area contributed by atoms with Crippen LogP contribution in [0.25, 0.3) is 0 Å². The molecule has 0 unspecified atom stereocenters. The van der Waals surface area contributed by atoms with Crippen LogP contribution in [0.15, 0.2) is 30.5 Å². The number of carbonyl (C=O) groups excluding carboxylic acids is 1. The third-order valence-electron chi connectivity index (χ3n) is 4.28. The minimum atomic E-state index is -0.456. The van der Waals surface area contributed by atoms with Gasteiger partial charge in [0.15, 0.2) is 0 Å². The van der Waals surface area contributed by atoms with Gasteiger partial charge in [-0.1, -0.05) is 11.6 Å². The Morgan fingerprint density at radius 3 is 3.00 bits per heavy atom. The summed E-state index contributed by atoms with van der Waals surface area (Å²) in [7, 11) is 0. The number of aromatic nitrogens is 2. The van der Waals surface area contributed by atoms with Crippen LogP contribution >= 0.6 is 11.6 Å². The number of aliphatic hydroxyl groups is 1. The molecule has 0 aliphatic carbocycles. The molecule has 3 rings (SSSR count). The van der Waals surface area contributed by atoms with Gasteiger partial charge in [0, 0.05) is 25.2 Å². The average Bonchev–Trinajstić information content (AvgIpc) is 3.03. The van der Waals surface area contributed by atoms with E-state index in [1.807, 2.05) is 12.3 Å². The van der Waals surface area contributed by atoms with Gasteiger partial charge in [-0.3, -0.25) is 9.48 Å². The minimum absolute atomic E-state index is 0.0411. The van der Waals surface area contributed by atoms with E-state index in [9.17, 15) is 9.18 Å². The van der Waals surface area contributed by atoms with Crippen LogP contribution in [0.5, 0.6) is 0 Å². The SMILES string of the molecule is O=C(c1ccc(F)cc1Cl)N1CCC[C@H](c2ccn(CCO)n2)C1. The van der Waals surface area contributed by atoms with Gasteiger partial charge >= 0.3 is 0 Å². The van der Waals surface area contributed by atoms with Gasteiger partial charge in [-0.05, 0) is 37.1 Å². The molecule has 1 aromatic carbocycles. The number of nitrogens with zero attached hydrogens (tertiary/aromatic N) is 3. The highest BCUT2D eigenvalue weighted by molar-refractivity contribution is 6.33. The van der Waals surface area contributed by atoms with Gasteiger partial charge in [0.05, 0.1) is 29.4 Å². The first-order valence-corrected chi connectivity index (χ1v) is 8.35. The predicted molar refractivity (Wildman–Crippen MR) is 88.6 cm³/mol. The normalized spacial score (nSPS) is 18.0. The van der Waals surface area contributed by atoms with Gasteiger partial charge < -0.3 is 10.0 Å². The van der Waals surface area contributed by atoms with E-state index in [0.717, 1.165) is 24.6 Å². The summed E-state index contributed by atoms with van der Waals surface area (Å²) in [6.45, 7) is 1.71. The van der Waals surface area contributed by atoms with Crippen molar-refractivity contribution in [2.24, 2.45) is 0 Å². The van der Waals surface area contributed by atoms with Crippen LogP contribution in [0.1, 0.15) is 34.8 Å². The summed E-state index contributed by atoms with van der Waals surface area (Å²) in [5.41, 5.74) is 1.25. The Bertz CT molecular complexity index is 734. The first-order valence-electron chi connectivity index (χ1n) is 7.97. The number of piperidine rings is 1. The molecule has 24 heavy (non-hydrogen) atoms. The predicted octanol–water partition coefficient (Wildman–Crippen LogP) is 2.69. The third-order valence-corrected chi connectivity index (χ3v) is 4.59. The van der Waals surface area contributed by atoms with E-state index in [1.54, 1.807) is 9.58 Å². The highest BCUT2D eigenvalue weighted by atomic mass is 35.5. The van der Waals surface area contributed by atoms with E-state index >= 15 is 0 Å². The Morgan fingerprint density at radius 1 is 1.42 bits per heavy atom. The molecule has 0 bridgehead atoms. The zero-order chi connectivity index (χ0) is 17.1. The van der Waals surface area contributed by atoms with E-state index in [1.165, 1.54) is 12.1 Å². The van der Waals surface area contributed by atoms with Crippen molar-refractivity contribution in [2.45, 2.75) is 25.3 Å². The fourth-order valence-corrected chi connectivity index (χ4v) is 3.31. The monoisotopic (exact) mass is 351 g/mol. The maximum absolute atomic E-state index is 13.2.